The van der Waals surface area contributed by atoms with Gasteiger partial charge in [-0.15, -0.1) is 0 Å². The van der Waals surface area contributed by atoms with E-state index in [1.54, 1.807) is 25.3 Å². The number of benzene rings is 2. The van der Waals surface area contributed by atoms with Crippen LogP contribution in [0.2, 0.25) is 0 Å². The number of rotatable bonds is 4. The molecule has 0 radical (unpaired) electrons. The summed E-state index contributed by atoms with van der Waals surface area (Å²) in [7, 11) is 2.97. The number of fused-ring (bicyclic) bond motifs is 1. The number of nitrogens with zero attached hydrogens (tertiary/aromatic N) is 1. The van der Waals surface area contributed by atoms with Crippen LogP contribution in [-0.2, 0) is 4.74 Å². The van der Waals surface area contributed by atoms with E-state index in [-0.39, 0.29) is 5.97 Å². The van der Waals surface area contributed by atoms with E-state index in [1.165, 1.54) is 18.4 Å². The van der Waals surface area contributed by atoms with Crippen molar-refractivity contribution in [2.45, 2.75) is 0 Å². The van der Waals surface area contributed by atoms with Crippen LogP contribution >= 0.6 is 23.6 Å². The largest absolute Gasteiger partial charge is 0.497 e. The van der Waals surface area contributed by atoms with E-state index in [9.17, 15) is 4.79 Å². The lowest BCUT2D eigenvalue weighted by atomic mass is 10.2. The number of ether oxygens (including phenoxy) is 2. The number of nitrogens with one attached hydrogen (secondary N) is 2. The van der Waals surface area contributed by atoms with Gasteiger partial charge in [-0.25, -0.2) is 9.78 Å². The van der Waals surface area contributed by atoms with Crippen LogP contribution in [-0.4, -0.2) is 30.3 Å². The van der Waals surface area contributed by atoms with Gasteiger partial charge in [-0.3, -0.25) is 0 Å². The Kier molecular flexibility index (Phi) is 5.11. The minimum absolute atomic E-state index is 0.375. The minimum Gasteiger partial charge on any atom is -0.497 e. The summed E-state index contributed by atoms with van der Waals surface area (Å²) in [6.07, 6.45) is 0. The molecule has 3 aromatic rings. The first kappa shape index (κ1) is 17.1. The number of carbonyl (C=O) groups is 1. The molecule has 0 bridgehead atoms. The van der Waals surface area contributed by atoms with Crippen molar-refractivity contribution in [2.24, 2.45) is 0 Å². The van der Waals surface area contributed by atoms with Crippen LogP contribution in [0.25, 0.3) is 10.2 Å². The molecular weight excluding hydrogens is 358 g/mol. The Morgan fingerprint density at radius 1 is 1.16 bits per heavy atom. The zero-order valence-corrected chi connectivity index (χ0v) is 15.2. The van der Waals surface area contributed by atoms with Crippen molar-refractivity contribution in [3.8, 4) is 5.75 Å². The van der Waals surface area contributed by atoms with Gasteiger partial charge in [0.2, 0.25) is 0 Å². The van der Waals surface area contributed by atoms with Crippen molar-refractivity contribution in [3.05, 3.63) is 48.0 Å². The number of anilines is 2. The average molecular weight is 373 g/mol. The zero-order chi connectivity index (χ0) is 17.8. The van der Waals surface area contributed by atoms with Crippen LogP contribution in [0.3, 0.4) is 0 Å². The molecule has 0 saturated carbocycles. The van der Waals surface area contributed by atoms with Crippen LogP contribution in [0.4, 0.5) is 10.8 Å². The number of aromatic nitrogens is 1. The molecule has 0 unspecified atom stereocenters. The molecule has 1 aromatic heterocycles. The van der Waals surface area contributed by atoms with Gasteiger partial charge in [0.05, 0.1) is 30.0 Å². The first-order valence-electron chi connectivity index (χ1n) is 7.30. The van der Waals surface area contributed by atoms with E-state index in [4.69, 9.17) is 21.7 Å². The lowest BCUT2D eigenvalue weighted by Crippen LogP contribution is -2.18. The molecule has 3 rings (SSSR count). The number of thiazole rings is 1. The number of hydrogen-bond donors (Lipinski definition) is 2. The average Bonchev–Trinajstić information content (AvgIpc) is 3.02. The number of hydrogen-bond acceptors (Lipinski definition) is 6. The highest BCUT2D eigenvalue weighted by Gasteiger charge is 2.10. The molecule has 0 saturated heterocycles. The highest BCUT2D eigenvalue weighted by atomic mass is 32.1. The highest BCUT2D eigenvalue weighted by Crippen LogP contribution is 2.27. The molecule has 25 heavy (non-hydrogen) atoms. The summed E-state index contributed by atoms with van der Waals surface area (Å²) in [6.45, 7) is 0. The molecule has 0 aliphatic carbocycles. The fourth-order valence-electron chi connectivity index (χ4n) is 2.18. The smallest absolute Gasteiger partial charge is 0.337 e. The van der Waals surface area contributed by atoms with E-state index in [0.717, 1.165) is 21.7 Å². The predicted molar refractivity (Wildman–Crippen MR) is 104 cm³/mol. The monoisotopic (exact) mass is 373 g/mol. The van der Waals surface area contributed by atoms with Crippen molar-refractivity contribution in [1.82, 2.24) is 4.98 Å². The minimum atomic E-state index is -0.375. The summed E-state index contributed by atoms with van der Waals surface area (Å²) >= 11 is 6.72. The second-order valence-electron chi connectivity index (χ2n) is 5.00. The number of esters is 1. The Hall–Kier alpha value is -2.71. The molecule has 6 nitrogen and oxygen atoms in total. The fourth-order valence-corrected chi connectivity index (χ4v) is 3.37. The Balaban J connectivity index is 1.73. The standard InChI is InChI=1S/C17H15N3O3S2/c1-22-12-5-3-4-11(9-12)18-16(24)20-17-19-13-7-6-10(15(21)23-2)8-14(13)25-17/h3-9H,1-2H3,(H2,18,19,20,24). The first-order chi connectivity index (χ1) is 12.1. The summed E-state index contributed by atoms with van der Waals surface area (Å²) in [4.78, 5) is 16.1. The molecule has 0 atom stereocenters. The quantitative estimate of drug-likeness (QED) is 0.531. The van der Waals surface area contributed by atoms with Crippen LogP contribution in [0.1, 0.15) is 10.4 Å². The van der Waals surface area contributed by atoms with Crippen molar-refractivity contribution < 1.29 is 14.3 Å². The van der Waals surface area contributed by atoms with E-state index < -0.39 is 0 Å². The highest BCUT2D eigenvalue weighted by molar-refractivity contribution is 7.80. The summed E-state index contributed by atoms with van der Waals surface area (Å²) in [6, 6.07) is 12.7. The fraction of sp³-hybridized carbons (Fsp3) is 0.118. The van der Waals surface area contributed by atoms with Gasteiger partial charge in [0.15, 0.2) is 10.2 Å². The van der Waals surface area contributed by atoms with Crippen molar-refractivity contribution >= 4 is 55.7 Å². The Morgan fingerprint density at radius 3 is 2.76 bits per heavy atom. The molecule has 0 amide bonds. The third-order valence-corrected chi connectivity index (χ3v) is 4.50. The van der Waals surface area contributed by atoms with Gasteiger partial charge in [0.1, 0.15) is 5.75 Å². The zero-order valence-electron chi connectivity index (χ0n) is 13.5. The van der Waals surface area contributed by atoms with E-state index >= 15 is 0 Å². The first-order valence-corrected chi connectivity index (χ1v) is 8.52. The molecule has 2 aromatic carbocycles. The molecular formula is C17H15N3O3S2. The van der Waals surface area contributed by atoms with Gasteiger partial charge in [0, 0.05) is 11.8 Å². The Labute approximate surface area is 153 Å². The normalized spacial score (nSPS) is 10.3. The third-order valence-electron chi connectivity index (χ3n) is 3.36. The molecule has 1 heterocycles. The van der Waals surface area contributed by atoms with Gasteiger partial charge >= 0.3 is 5.97 Å². The summed E-state index contributed by atoms with van der Waals surface area (Å²) in [5.41, 5.74) is 2.08. The molecule has 0 fully saturated rings. The third kappa shape index (κ3) is 4.04. The van der Waals surface area contributed by atoms with Crippen molar-refractivity contribution in [3.63, 3.8) is 0 Å². The van der Waals surface area contributed by atoms with Crippen molar-refractivity contribution in [2.75, 3.05) is 24.9 Å². The van der Waals surface area contributed by atoms with Crippen molar-refractivity contribution in [1.29, 1.82) is 0 Å². The molecule has 0 aliphatic rings. The van der Waals surface area contributed by atoms with Gasteiger partial charge in [0.25, 0.3) is 0 Å². The molecule has 0 aliphatic heterocycles. The second-order valence-corrected chi connectivity index (χ2v) is 6.44. The maximum absolute atomic E-state index is 11.6. The Bertz CT molecular complexity index is 940. The van der Waals surface area contributed by atoms with E-state index in [0.29, 0.717) is 15.8 Å². The lowest BCUT2D eigenvalue weighted by Gasteiger charge is -2.09. The van der Waals surface area contributed by atoms with Gasteiger partial charge in [-0.05, 0) is 42.5 Å². The van der Waals surface area contributed by atoms with E-state index in [1.807, 2.05) is 24.3 Å². The topological polar surface area (TPSA) is 72.5 Å². The number of thiocarbonyl (C=S) groups is 1. The maximum Gasteiger partial charge on any atom is 0.337 e. The summed E-state index contributed by atoms with van der Waals surface area (Å²) < 4.78 is 10.8. The number of carbonyl (C=O) groups excluding carboxylic acids is 1. The molecule has 8 heteroatoms. The summed E-state index contributed by atoms with van der Waals surface area (Å²) in [5, 5.41) is 7.19. The molecule has 0 spiro atoms. The van der Waals surface area contributed by atoms with Gasteiger partial charge in [-0.2, -0.15) is 0 Å². The second kappa shape index (κ2) is 7.45. The SMILES string of the molecule is COC(=O)c1ccc2nc(NC(=S)Nc3cccc(OC)c3)sc2c1. The van der Waals surface area contributed by atoms with E-state index in [2.05, 4.69) is 15.6 Å². The molecule has 2 N–H and O–H groups in total. The Morgan fingerprint density at radius 2 is 2.00 bits per heavy atom. The number of methoxy groups -OCH3 is 2. The maximum atomic E-state index is 11.6. The van der Waals surface area contributed by atoms with Crippen LogP contribution in [0.15, 0.2) is 42.5 Å². The predicted octanol–water partition coefficient (Wildman–Crippen LogP) is 3.90. The van der Waals surface area contributed by atoms with Gasteiger partial charge in [-0.1, -0.05) is 17.4 Å². The molecule has 128 valence electrons. The van der Waals surface area contributed by atoms with Crippen LogP contribution in [0, 0.1) is 0 Å². The van der Waals surface area contributed by atoms with Gasteiger partial charge < -0.3 is 20.1 Å². The summed E-state index contributed by atoms with van der Waals surface area (Å²) in [5.74, 6) is 0.364. The van der Waals surface area contributed by atoms with Crippen LogP contribution < -0.4 is 15.4 Å². The van der Waals surface area contributed by atoms with Crippen LogP contribution in [0.5, 0.6) is 5.75 Å². The lowest BCUT2D eigenvalue weighted by molar-refractivity contribution is 0.0601.